The first-order chi connectivity index (χ1) is 10.8. The summed E-state index contributed by atoms with van der Waals surface area (Å²) in [6, 6.07) is 6.35. The van der Waals surface area contributed by atoms with Gasteiger partial charge in [-0.1, -0.05) is 25.0 Å². The van der Waals surface area contributed by atoms with Crippen LogP contribution < -0.4 is 21.7 Å². The molecular weight excluding hydrogens is 296 g/mol. The first kappa shape index (κ1) is 15.5. The second-order valence-corrected chi connectivity index (χ2v) is 6.43. The Morgan fingerprint density at radius 1 is 1.26 bits per heavy atom. The van der Waals surface area contributed by atoms with Gasteiger partial charge in [0.15, 0.2) is 0 Å². The molecular formula is C16H20N4O3. The molecule has 2 fully saturated rings. The number of carbonyl (C=O) groups is 3. The molecule has 1 atom stereocenters. The molecule has 1 saturated carbocycles. The maximum Gasteiger partial charge on any atom is 0.322 e. The van der Waals surface area contributed by atoms with Crippen molar-refractivity contribution in [1.29, 1.82) is 0 Å². The minimum Gasteiger partial charge on any atom is -0.324 e. The summed E-state index contributed by atoms with van der Waals surface area (Å²) in [5.74, 6) is -0.630. The van der Waals surface area contributed by atoms with E-state index in [-0.39, 0.29) is 5.91 Å². The van der Waals surface area contributed by atoms with Crippen molar-refractivity contribution < 1.29 is 14.4 Å². The lowest BCUT2D eigenvalue weighted by Gasteiger charge is -2.24. The van der Waals surface area contributed by atoms with Crippen molar-refractivity contribution in [2.24, 2.45) is 5.73 Å². The van der Waals surface area contributed by atoms with Crippen LogP contribution in [0.15, 0.2) is 24.3 Å². The van der Waals surface area contributed by atoms with Crippen LogP contribution in [-0.4, -0.2) is 23.4 Å². The summed E-state index contributed by atoms with van der Waals surface area (Å²) in [6.45, 7) is 1.62. The Morgan fingerprint density at radius 3 is 2.57 bits per heavy atom. The molecule has 0 bridgehead atoms. The minimum absolute atomic E-state index is 0.211. The number of hydrogen-bond donors (Lipinski definition) is 4. The third-order valence-corrected chi connectivity index (χ3v) is 4.69. The van der Waals surface area contributed by atoms with Crippen LogP contribution in [0.1, 0.15) is 38.2 Å². The van der Waals surface area contributed by atoms with Gasteiger partial charge >= 0.3 is 6.03 Å². The van der Waals surface area contributed by atoms with E-state index in [1.54, 1.807) is 31.2 Å². The van der Waals surface area contributed by atoms with E-state index in [9.17, 15) is 14.4 Å². The maximum atomic E-state index is 12.4. The fourth-order valence-corrected chi connectivity index (χ4v) is 3.14. The lowest BCUT2D eigenvalue weighted by molar-refractivity contribution is -0.123. The number of amides is 4. The Bertz CT molecular complexity index is 682. The Kier molecular flexibility index (Phi) is 3.60. The van der Waals surface area contributed by atoms with Crippen LogP contribution in [0.5, 0.6) is 0 Å². The van der Waals surface area contributed by atoms with Crippen LogP contribution in [0.4, 0.5) is 10.5 Å². The second kappa shape index (κ2) is 5.34. The molecule has 23 heavy (non-hydrogen) atoms. The SMILES string of the molecule is CC1(c2cccc(NC(=O)C3(N)CCCC3)c2)NC(=O)NC1=O. The van der Waals surface area contributed by atoms with Gasteiger partial charge in [0.1, 0.15) is 5.54 Å². The first-order valence-electron chi connectivity index (χ1n) is 7.68. The van der Waals surface area contributed by atoms with Crippen LogP contribution in [0.3, 0.4) is 0 Å². The number of urea groups is 1. The molecule has 1 aromatic carbocycles. The first-order valence-corrected chi connectivity index (χ1v) is 7.68. The summed E-state index contributed by atoms with van der Waals surface area (Å²) in [4.78, 5) is 35.8. The van der Waals surface area contributed by atoms with Crippen LogP contribution in [0, 0.1) is 0 Å². The predicted octanol–water partition coefficient (Wildman–Crippen LogP) is 0.951. The van der Waals surface area contributed by atoms with E-state index in [0.717, 1.165) is 12.8 Å². The molecule has 0 spiro atoms. The van der Waals surface area contributed by atoms with Crippen molar-refractivity contribution in [2.45, 2.75) is 43.7 Å². The molecule has 122 valence electrons. The standard InChI is InChI=1S/C16H20N4O3/c1-15(12(21)19-14(23)20-15)10-5-4-6-11(9-10)18-13(22)16(17)7-2-3-8-16/h4-6,9H,2-3,7-8,17H2,1H3,(H,18,22)(H2,19,20,21,23). The molecule has 1 aromatic rings. The van der Waals surface area contributed by atoms with E-state index < -0.39 is 23.0 Å². The van der Waals surface area contributed by atoms with Gasteiger partial charge in [0, 0.05) is 5.69 Å². The van der Waals surface area contributed by atoms with Gasteiger partial charge in [-0.2, -0.15) is 0 Å². The predicted molar refractivity (Wildman–Crippen MR) is 84.5 cm³/mol. The highest BCUT2D eigenvalue weighted by molar-refractivity contribution is 6.07. The van der Waals surface area contributed by atoms with Crippen LogP contribution in [0.25, 0.3) is 0 Å². The van der Waals surface area contributed by atoms with Gasteiger partial charge < -0.3 is 16.4 Å². The Balaban J connectivity index is 1.82. The highest BCUT2D eigenvalue weighted by Crippen LogP contribution is 2.30. The average Bonchev–Trinajstić information content (AvgIpc) is 3.05. The van der Waals surface area contributed by atoms with Gasteiger partial charge in [0.05, 0.1) is 5.54 Å². The third kappa shape index (κ3) is 2.68. The van der Waals surface area contributed by atoms with Crippen molar-refractivity contribution in [3.8, 4) is 0 Å². The van der Waals surface area contributed by atoms with E-state index in [1.807, 2.05) is 0 Å². The largest absolute Gasteiger partial charge is 0.324 e. The summed E-state index contributed by atoms with van der Waals surface area (Å²) in [6.07, 6.45) is 3.26. The van der Waals surface area contributed by atoms with Crippen molar-refractivity contribution in [3.63, 3.8) is 0 Å². The fraction of sp³-hybridized carbons (Fsp3) is 0.438. The molecule has 1 aliphatic heterocycles. The molecule has 1 heterocycles. The zero-order valence-electron chi connectivity index (χ0n) is 12.9. The Hall–Kier alpha value is -2.41. The topological polar surface area (TPSA) is 113 Å². The van der Waals surface area contributed by atoms with Gasteiger partial charge in [0.25, 0.3) is 5.91 Å². The number of anilines is 1. The van der Waals surface area contributed by atoms with Gasteiger partial charge in [-0.15, -0.1) is 0 Å². The Labute approximate surface area is 134 Å². The Morgan fingerprint density at radius 2 is 1.96 bits per heavy atom. The van der Waals surface area contributed by atoms with Crippen molar-refractivity contribution in [3.05, 3.63) is 29.8 Å². The number of nitrogens with one attached hydrogen (secondary N) is 3. The van der Waals surface area contributed by atoms with Gasteiger partial charge in [-0.25, -0.2) is 4.79 Å². The summed E-state index contributed by atoms with van der Waals surface area (Å²) < 4.78 is 0. The fourth-order valence-electron chi connectivity index (χ4n) is 3.14. The molecule has 1 unspecified atom stereocenters. The number of hydrogen-bond acceptors (Lipinski definition) is 4. The van der Waals surface area contributed by atoms with Crippen molar-refractivity contribution in [2.75, 3.05) is 5.32 Å². The van der Waals surface area contributed by atoms with E-state index in [2.05, 4.69) is 16.0 Å². The summed E-state index contributed by atoms with van der Waals surface area (Å²) in [7, 11) is 0. The molecule has 0 aromatic heterocycles. The smallest absolute Gasteiger partial charge is 0.322 e. The molecule has 2 aliphatic rings. The van der Waals surface area contributed by atoms with Gasteiger partial charge in [-0.05, 0) is 37.5 Å². The molecule has 7 heteroatoms. The zero-order chi connectivity index (χ0) is 16.7. The molecule has 7 nitrogen and oxygen atoms in total. The number of carbonyl (C=O) groups excluding carboxylic acids is 3. The molecule has 4 amide bonds. The second-order valence-electron chi connectivity index (χ2n) is 6.43. The summed E-state index contributed by atoms with van der Waals surface area (Å²) in [5.41, 5.74) is 5.32. The van der Waals surface area contributed by atoms with E-state index in [1.165, 1.54) is 0 Å². The zero-order valence-corrected chi connectivity index (χ0v) is 12.9. The van der Waals surface area contributed by atoms with Crippen LogP contribution in [0.2, 0.25) is 0 Å². The highest BCUT2D eigenvalue weighted by Gasteiger charge is 2.43. The maximum absolute atomic E-state index is 12.4. The van der Waals surface area contributed by atoms with Crippen molar-refractivity contribution >= 4 is 23.5 Å². The molecule has 0 radical (unpaired) electrons. The van der Waals surface area contributed by atoms with Gasteiger partial charge in [-0.3, -0.25) is 14.9 Å². The van der Waals surface area contributed by atoms with E-state index in [4.69, 9.17) is 5.73 Å². The van der Waals surface area contributed by atoms with Crippen LogP contribution >= 0.6 is 0 Å². The van der Waals surface area contributed by atoms with E-state index in [0.29, 0.717) is 24.1 Å². The van der Waals surface area contributed by atoms with Gasteiger partial charge in [0.2, 0.25) is 5.91 Å². The quantitative estimate of drug-likeness (QED) is 0.622. The summed E-state index contributed by atoms with van der Waals surface area (Å²) in [5, 5.41) is 7.65. The minimum atomic E-state index is -1.15. The number of imide groups is 1. The molecule has 3 rings (SSSR count). The normalized spacial score (nSPS) is 25.8. The number of benzene rings is 1. The monoisotopic (exact) mass is 316 g/mol. The average molecular weight is 316 g/mol. The summed E-state index contributed by atoms with van der Waals surface area (Å²) >= 11 is 0. The lowest BCUT2D eigenvalue weighted by atomic mass is 9.91. The number of rotatable bonds is 3. The highest BCUT2D eigenvalue weighted by atomic mass is 16.2. The van der Waals surface area contributed by atoms with Crippen molar-refractivity contribution in [1.82, 2.24) is 10.6 Å². The van der Waals surface area contributed by atoms with Crippen LogP contribution in [-0.2, 0) is 15.1 Å². The third-order valence-electron chi connectivity index (χ3n) is 4.69. The molecule has 1 saturated heterocycles. The lowest BCUT2D eigenvalue weighted by Crippen LogP contribution is -2.48. The van der Waals surface area contributed by atoms with E-state index >= 15 is 0 Å². The molecule has 1 aliphatic carbocycles. The number of nitrogens with two attached hydrogens (primary N) is 1. The molecule has 5 N–H and O–H groups in total.